The first-order valence-corrected chi connectivity index (χ1v) is 9.18. The maximum absolute atomic E-state index is 10.5. The minimum absolute atomic E-state index is 0.00760. The van der Waals surface area contributed by atoms with Crippen molar-refractivity contribution in [1.29, 1.82) is 0 Å². The second kappa shape index (κ2) is 9.36. The molecule has 1 rings (SSSR count). The van der Waals surface area contributed by atoms with Crippen molar-refractivity contribution in [3.63, 3.8) is 0 Å². The molecule has 1 aromatic carbocycles. The van der Waals surface area contributed by atoms with E-state index in [4.69, 9.17) is 4.55 Å². The molecule has 114 valence electrons. The molecule has 0 amide bonds. The number of thioether (sulfide) groups is 1. The second-order valence-corrected chi connectivity index (χ2v) is 7.08. The third kappa shape index (κ3) is 8.55. The fraction of sp³-hybridized carbons (Fsp3) is 0.538. The summed E-state index contributed by atoms with van der Waals surface area (Å²) in [5.41, 5.74) is 1.24. The summed E-state index contributed by atoms with van der Waals surface area (Å²) in [6.45, 7) is 0.463. The Labute approximate surface area is 124 Å². The first-order chi connectivity index (χ1) is 9.51. The van der Waals surface area contributed by atoms with Gasteiger partial charge in [0, 0.05) is 17.5 Å². The molecule has 20 heavy (non-hydrogen) atoms. The van der Waals surface area contributed by atoms with Gasteiger partial charge in [0.15, 0.2) is 0 Å². The topological polar surface area (TPSA) is 86.6 Å². The highest BCUT2D eigenvalue weighted by Crippen LogP contribution is 2.12. The van der Waals surface area contributed by atoms with Crippen LogP contribution >= 0.6 is 11.8 Å². The van der Waals surface area contributed by atoms with Crippen molar-refractivity contribution in [2.24, 2.45) is 0 Å². The molecule has 0 aliphatic carbocycles. The zero-order chi connectivity index (χ0) is 14.8. The summed E-state index contributed by atoms with van der Waals surface area (Å²) < 4.78 is 29.7. The number of hydrogen-bond donors (Lipinski definition) is 3. The standard InChI is InChI=1S/C13H21NO4S2/c15-9-13(14-7-4-8-20(16,17)18)11-19-10-12-5-2-1-3-6-12/h1-3,5-6,13-15H,4,7-11H2,(H,16,17,18). The minimum Gasteiger partial charge on any atom is -0.395 e. The van der Waals surface area contributed by atoms with E-state index in [1.165, 1.54) is 5.56 Å². The number of aliphatic hydroxyl groups is 1. The van der Waals surface area contributed by atoms with Gasteiger partial charge in [0.2, 0.25) is 0 Å². The zero-order valence-corrected chi connectivity index (χ0v) is 12.9. The molecule has 5 nitrogen and oxygen atoms in total. The van der Waals surface area contributed by atoms with E-state index in [0.717, 1.165) is 11.5 Å². The molecule has 1 unspecified atom stereocenters. The Morgan fingerprint density at radius 2 is 1.95 bits per heavy atom. The Kier molecular flexibility index (Phi) is 8.16. The van der Waals surface area contributed by atoms with Crippen molar-refractivity contribution in [2.45, 2.75) is 18.2 Å². The molecule has 0 saturated carbocycles. The van der Waals surface area contributed by atoms with Gasteiger partial charge in [0.05, 0.1) is 12.4 Å². The molecule has 0 radical (unpaired) electrons. The molecule has 0 saturated heterocycles. The third-order valence-corrected chi connectivity index (χ3v) is 4.64. The smallest absolute Gasteiger partial charge is 0.264 e. The van der Waals surface area contributed by atoms with Crippen LogP contribution in [-0.4, -0.2) is 48.8 Å². The van der Waals surface area contributed by atoms with Crippen LogP contribution in [0.4, 0.5) is 0 Å². The van der Waals surface area contributed by atoms with E-state index in [-0.39, 0.29) is 18.4 Å². The van der Waals surface area contributed by atoms with Crippen LogP contribution in [0.15, 0.2) is 30.3 Å². The predicted molar refractivity (Wildman–Crippen MR) is 82.5 cm³/mol. The minimum atomic E-state index is -3.89. The highest BCUT2D eigenvalue weighted by atomic mass is 32.2. The van der Waals surface area contributed by atoms with Gasteiger partial charge in [-0.2, -0.15) is 20.2 Å². The van der Waals surface area contributed by atoms with Crippen LogP contribution in [-0.2, 0) is 15.9 Å². The van der Waals surface area contributed by atoms with Crippen molar-refractivity contribution >= 4 is 21.9 Å². The van der Waals surface area contributed by atoms with Crippen LogP contribution in [0, 0.1) is 0 Å². The van der Waals surface area contributed by atoms with Gasteiger partial charge in [-0.1, -0.05) is 30.3 Å². The number of hydrogen-bond acceptors (Lipinski definition) is 5. The molecule has 0 heterocycles. The quantitative estimate of drug-likeness (QED) is 0.443. The lowest BCUT2D eigenvalue weighted by Crippen LogP contribution is -2.36. The maximum atomic E-state index is 10.5. The molecule has 0 aliphatic rings. The first-order valence-electron chi connectivity index (χ1n) is 6.42. The summed E-state index contributed by atoms with van der Waals surface area (Å²) in [7, 11) is -3.89. The highest BCUT2D eigenvalue weighted by Gasteiger charge is 2.08. The van der Waals surface area contributed by atoms with Crippen molar-refractivity contribution < 1.29 is 18.1 Å². The Bertz CT molecular complexity index is 465. The van der Waals surface area contributed by atoms with E-state index in [2.05, 4.69) is 17.4 Å². The molecule has 1 aromatic rings. The van der Waals surface area contributed by atoms with Crippen LogP contribution in [0.3, 0.4) is 0 Å². The average molecular weight is 319 g/mol. The van der Waals surface area contributed by atoms with Crippen LogP contribution in [0.25, 0.3) is 0 Å². The van der Waals surface area contributed by atoms with Crippen molar-refractivity contribution in [3.05, 3.63) is 35.9 Å². The SMILES string of the molecule is O=S(=O)(O)CCCNC(CO)CSCc1ccccc1. The lowest BCUT2D eigenvalue weighted by Gasteiger charge is -2.15. The lowest BCUT2D eigenvalue weighted by molar-refractivity contribution is 0.254. The van der Waals surface area contributed by atoms with E-state index in [1.807, 2.05) is 18.2 Å². The van der Waals surface area contributed by atoms with Crippen LogP contribution in [0.5, 0.6) is 0 Å². The molecule has 0 bridgehead atoms. The molecule has 0 spiro atoms. The average Bonchev–Trinajstić information content (AvgIpc) is 2.41. The fourth-order valence-electron chi connectivity index (χ4n) is 1.63. The van der Waals surface area contributed by atoms with E-state index >= 15 is 0 Å². The molecule has 7 heteroatoms. The van der Waals surface area contributed by atoms with E-state index in [1.54, 1.807) is 11.8 Å². The molecular formula is C13H21NO4S2. The van der Waals surface area contributed by atoms with E-state index in [0.29, 0.717) is 13.0 Å². The van der Waals surface area contributed by atoms with Gasteiger partial charge in [-0.25, -0.2) is 0 Å². The molecule has 0 aliphatic heterocycles. The monoisotopic (exact) mass is 319 g/mol. The van der Waals surface area contributed by atoms with Gasteiger partial charge in [-0.3, -0.25) is 4.55 Å². The summed E-state index contributed by atoms with van der Waals surface area (Å²) in [5, 5.41) is 12.3. The Morgan fingerprint density at radius 3 is 2.55 bits per heavy atom. The van der Waals surface area contributed by atoms with Crippen molar-refractivity contribution in [1.82, 2.24) is 5.32 Å². The first kappa shape index (κ1) is 17.5. The molecule has 0 fully saturated rings. The summed E-state index contributed by atoms with van der Waals surface area (Å²) in [5.74, 6) is 1.37. The Morgan fingerprint density at radius 1 is 1.25 bits per heavy atom. The van der Waals surface area contributed by atoms with Crippen molar-refractivity contribution in [3.8, 4) is 0 Å². The van der Waals surface area contributed by atoms with Crippen LogP contribution < -0.4 is 5.32 Å². The molecule has 3 N–H and O–H groups in total. The van der Waals surface area contributed by atoms with E-state index < -0.39 is 10.1 Å². The largest absolute Gasteiger partial charge is 0.395 e. The predicted octanol–water partition coefficient (Wildman–Crippen LogP) is 1.15. The zero-order valence-electron chi connectivity index (χ0n) is 11.2. The summed E-state index contributed by atoms with van der Waals surface area (Å²) in [4.78, 5) is 0. The second-order valence-electron chi connectivity index (χ2n) is 4.47. The van der Waals surface area contributed by atoms with Crippen LogP contribution in [0.2, 0.25) is 0 Å². The van der Waals surface area contributed by atoms with Gasteiger partial charge in [0.25, 0.3) is 10.1 Å². The number of aliphatic hydroxyl groups excluding tert-OH is 1. The van der Waals surface area contributed by atoms with Gasteiger partial charge in [0.1, 0.15) is 0 Å². The summed E-state index contributed by atoms with van der Waals surface area (Å²) >= 11 is 1.71. The van der Waals surface area contributed by atoms with E-state index in [9.17, 15) is 13.5 Å². The maximum Gasteiger partial charge on any atom is 0.264 e. The van der Waals surface area contributed by atoms with Gasteiger partial charge >= 0.3 is 0 Å². The highest BCUT2D eigenvalue weighted by molar-refractivity contribution is 7.98. The number of rotatable bonds is 10. The molecule has 1 atom stereocenters. The summed E-state index contributed by atoms with van der Waals surface area (Å²) in [6.07, 6.45) is 0.332. The van der Waals surface area contributed by atoms with Gasteiger partial charge in [-0.15, -0.1) is 0 Å². The Hall–Kier alpha value is -0.600. The Balaban J connectivity index is 2.16. The normalized spacial score (nSPS) is 13.3. The lowest BCUT2D eigenvalue weighted by atomic mass is 10.2. The van der Waals surface area contributed by atoms with Gasteiger partial charge < -0.3 is 10.4 Å². The number of benzene rings is 1. The van der Waals surface area contributed by atoms with Crippen molar-refractivity contribution in [2.75, 3.05) is 24.7 Å². The van der Waals surface area contributed by atoms with Crippen LogP contribution in [0.1, 0.15) is 12.0 Å². The fourth-order valence-corrected chi connectivity index (χ4v) is 3.19. The summed E-state index contributed by atoms with van der Waals surface area (Å²) in [6, 6.07) is 10.0. The van der Waals surface area contributed by atoms with Gasteiger partial charge in [-0.05, 0) is 18.5 Å². The third-order valence-electron chi connectivity index (χ3n) is 2.66. The number of nitrogens with one attached hydrogen (secondary N) is 1. The molecule has 0 aromatic heterocycles. The molecular weight excluding hydrogens is 298 g/mol.